The van der Waals surface area contributed by atoms with Crippen molar-refractivity contribution in [2.24, 2.45) is 5.73 Å². The first-order valence-electron chi connectivity index (χ1n) is 9.86. The van der Waals surface area contributed by atoms with Gasteiger partial charge in [-0.3, -0.25) is 4.79 Å². The lowest BCUT2D eigenvalue weighted by Crippen LogP contribution is -2.41. The molecule has 1 aliphatic rings. The van der Waals surface area contributed by atoms with Gasteiger partial charge in [-0.2, -0.15) is 5.10 Å². The van der Waals surface area contributed by atoms with Crippen molar-refractivity contribution in [2.45, 2.75) is 37.1 Å². The summed E-state index contributed by atoms with van der Waals surface area (Å²) < 4.78 is 1.60. The van der Waals surface area contributed by atoms with Gasteiger partial charge in [-0.05, 0) is 61.6 Å². The first kappa shape index (κ1) is 19.7. The molecule has 3 N–H and O–H groups in total. The zero-order valence-electron chi connectivity index (χ0n) is 16.1. The molecule has 0 amide bonds. The van der Waals surface area contributed by atoms with Crippen molar-refractivity contribution in [1.29, 1.82) is 0 Å². The lowest BCUT2D eigenvalue weighted by molar-refractivity contribution is 0.222. The van der Waals surface area contributed by atoms with Gasteiger partial charge in [0.05, 0.1) is 11.7 Å². The normalized spacial score (nSPS) is 21.8. The molecular weight excluding hydrogens is 386 g/mol. The lowest BCUT2D eigenvalue weighted by Gasteiger charge is -2.40. The summed E-state index contributed by atoms with van der Waals surface area (Å²) in [5.41, 5.74) is 8.59. The summed E-state index contributed by atoms with van der Waals surface area (Å²) in [5.74, 6) is 0.175. The van der Waals surface area contributed by atoms with Gasteiger partial charge in [-0.1, -0.05) is 35.9 Å². The summed E-state index contributed by atoms with van der Waals surface area (Å²) in [6, 6.07) is 18.1. The molecule has 5 nitrogen and oxygen atoms in total. The number of nitrogens with zero attached hydrogens (tertiary/aromatic N) is 2. The molecule has 0 saturated heterocycles. The van der Waals surface area contributed by atoms with Crippen LogP contribution in [0.3, 0.4) is 0 Å². The quantitative estimate of drug-likeness (QED) is 0.673. The Morgan fingerprint density at radius 2 is 1.86 bits per heavy atom. The van der Waals surface area contributed by atoms with Gasteiger partial charge in [0, 0.05) is 28.6 Å². The fraction of sp³-hybridized carbons (Fsp3) is 0.304. The monoisotopic (exact) mass is 409 g/mol. The Kier molecular flexibility index (Phi) is 5.43. The molecule has 0 atom stereocenters. The van der Waals surface area contributed by atoms with Crippen molar-refractivity contribution in [2.75, 3.05) is 6.54 Å². The molecule has 0 bridgehead atoms. The highest BCUT2D eigenvalue weighted by molar-refractivity contribution is 6.30. The number of rotatable bonds is 4. The van der Waals surface area contributed by atoms with Gasteiger partial charge in [-0.15, -0.1) is 0 Å². The van der Waals surface area contributed by atoms with Crippen LogP contribution in [0.4, 0.5) is 0 Å². The van der Waals surface area contributed by atoms with E-state index in [-0.39, 0.29) is 22.8 Å². The average molecular weight is 410 g/mol. The zero-order chi connectivity index (χ0) is 20.4. The molecule has 0 aliphatic heterocycles. The van der Waals surface area contributed by atoms with Gasteiger partial charge >= 0.3 is 0 Å². The molecule has 1 aromatic heterocycles. The Morgan fingerprint density at radius 3 is 2.55 bits per heavy atom. The van der Waals surface area contributed by atoms with Crippen molar-refractivity contribution in [3.05, 3.63) is 81.6 Å². The van der Waals surface area contributed by atoms with E-state index in [9.17, 15) is 9.90 Å². The van der Waals surface area contributed by atoms with Gasteiger partial charge in [0.1, 0.15) is 5.75 Å². The highest BCUT2D eigenvalue weighted by Gasteiger charge is 2.37. The minimum absolute atomic E-state index is 0.0265. The van der Waals surface area contributed by atoms with E-state index in [2.05, 4.69) is 11.2 Å². The van der Waals surface area contributed by atoms with Crippen LogP contribution in [0.1, 0.15) is 37.3 Å². The molecule has 1 fully saturated rings. The predicted molar refractivity (Wildman–Crippen MR) is 115 cm³/mol. The molecule has 3 aromatic rings. The average Bonchev–Trinajstić information content (AvgIpc) is 2.74. The van der Waals surface area contributed by atoms with Crippen molar-refractivity contribution in [3.8, 4) is 17.0 Å². The second kappa shape index (κ2) is 8.01. The number of hydrogen-bond donors (Lipinski definition) is 2. The minimum Gasteiger partial charge on any atom is -0.508 e. The zero-order valence-corrected chi connectivity index (χ0v) is 16.8. The van der Waals surface area contributed by atoms with Crippen LogP contribution in [0, 0.1) is 0 Å². The van der Waals surface area contributed by atoms with Crippen molar-refractivity contribution in [1.82, 2.24) is 9.78 Å². The SMILES string of the molecule is NC[C@]1(c2cccc(Cl)c2)CC[C@@H](n2nc(-c3cccc(O)c3)ccc2=O)CC1. The molecule has 1 aliphatic carbocycles. The molecule has 0 unspecified atom stereocenters. The summed E-state index contributed by atoms with van der Waals surface area (Å²) in [5, 5.41) is 15.1. The Hall–Kier alpha value is -2.63. The lowest BCUT2D eigenvalue weighted by atomic mass is 9.68. The summed E-state index contributed by atoms with van der Waals surface area (Å²) in [6.07, 6.45) is 3.39. The number of benzene rings is 2. The molecule has 150 valence electrons. The van der Waals surface area contributed by atoms with Gasteiger partial charge < -0.3 is 10.8 Å². The third-order valence-electron chi connectivity index (χ3n) is 6.05. The molecule has 29 heavy (non-hydrogen) atoms. The third kappa shape index (κ3) is 3.93. The maximum absolute atomic E-state index is 12.5. The predicted octanol–water partition coefficient (Wildman–Crippen LogP) is 4.28. The van der Waals surface area contributed by atoms with E-state index in [0.717, 1.165) is 31.2 Å². The van der Waals surface area contributed by atoms with Crippen molar-refractivity contribution >= 4 is 11.6 Å². The standard InChI is InChI=1S/C23H24ClN3O2/c24-18-5-2-4-17(14-18)23(15-25)11-9-19(10-12-23)27-22(29)8-7-21(26-27)16-3-1-6-20(28)13-16/h1-8,13-14,19,28H,9-12,15,25H2/t19-,23+. The Labute approximate surface area is 174 Å². The van der Waals surface area contributed by atoms with Gasteiger partial charge in [0.25, 0.3) is 5.56 Å². The first-order chi connectivity index (χ1) is 14.0. The molecule has 2 aromatic carbocycles. The van der Waals surface area contributed by atoms with E-state index in [1.807, 2.05) is 24.3 Å². The minimum atomic E-state index is -0.117. The van der Waals surface area contributed by atoms with Crippen LogP contribution >= 0.6 is 11.6 Å². The van der Waals surface area contributed by atoms with Gasteiger partial charge in [0.15, 0.2) is 0 Å². The molecule has 0 radical (unpaired) electrons. The Morgan fingerprint density at radius 1 is 1.10 bits per heavy atom. The first-order valence-corrected chi connectivity index (χ1v) is 10.2. The molecule has 0 spiro atoms. The van der Waals surface area contributed by atoms with E-state index >= 15 is 0 Å². The van der Waals surface area contributed by atoms with Gasteiger partial charge in [-0.25, -0.2) is 4.68 Å². The molecule has 6 heteroatoms. The van der Waals surface area contributed by atoms with Crippen molar-refractivity contribution < 1.29 is 5.11 Å². The number of hydrogen-bond acceptors (Lipinski definition) is 4. The summed E-state index contributed by atoms with van der Waals surface area (Å²) in [6.45, 7) is 0.547. The number of aromatic hydroxyl groups is 1. The molecule has 1 saturated carbocycles. The fourth-order valence-electron chi connectivity index (χ4n) is 4.33. The number of phenolic OH excluding ortho intramolecular Hbond substituents is 1. The van der Waals surface area contributed by atoms with E-state index < -0.39 is 0 Å². The smallest absolute Gasteiger partial charge is 0.267 e. The van der Waals surface area contributed by atoms with E-state index in [1.165, 1.54) is 5.56 Å². The van der Waals surface area contributed by atoms with Crippen LogP contribution in [0.15, 0.2) is 65.5 Å². The Balaban J connectivity index is 1.60. The summed E-state index contributed by atoms with van der Waals surface area (Å²) in [7, 11) is 0. The number of aromatic nitrogens is 2. The topological polar surface area (TPSA) is 81.1 Å². The summed E-state index contributed by atoms with van der Waals surface area (Å²) >= 11 is 6.20. The second-order valence-electron chi connectivity index (χ2n) is 7.78. The maximum atomic E-state index is 12.5. The fourth-order valence-corrected chi connectivity index (χ4v) is 4.53. The van der Waals surface area contributed by atoms with Crippen LogP contribution in [0.2, 0.25) is 5.02 Å². The highest BCUT2D eigenvalue weighted by atomic mass is 35.5. The van der Waals surface area contributed by atoms with E-state index in [1.54, 1.807) is 35.0 Å². The summed E-state index contributed by atoms with van der Waals surface area (Å²) in [4.78, 5) is 12.5. The number of nitrogens with two attached hydrogens (primary N) is 1. The second-order valence-corrected chi connectivity index (χ2v) is 8.21. The molecule has 1 heterocycles. The van der Waals surface area contributed by atoms with Crippen molar-refractivity contribution in [3.63, 3.8) is 0 Å². The molecule has 4 rings (SSSR count). The van der Waals surface area contributed by atoms with Crippen LogP contribution < -0.4 is 11.3 Å². The largest absolute Gasteiger partial charge is 0.508 e. The third-order valence-corrected chi connectivity index (χ3v) is 6.29. The molecular formula is C23H24ClN3O2. The number of halogens is 1. The van der Waals surface area contributed by atoms with E-state index in [4.69, 9.17) is 17.3 Å². The maximum Gasteiger partial charge on any atom is 0.267 e. The van der Waals surface area contributed by atoms with Crippen LogP contribution in [-0.4, -0.2) is 21.4 Å². The number of phenols is 1. The van der Waals surface area contributed by atoms with Crippen LogP contribution in [0.25, 0.3) is 11.3 Å². The van der Waals surface area contributed by atoms with Gasteiger partial charge in [0.2, 0.25) is 0 Å². The van der Waals surface area contributed by atoms with E-state index in [0.29, 0.717) is 17.3 Å². The van der Waals surface area contributed by atoms with Crippen LogP contribution in [-0.2, 0) is 5.41 Å². The Bertz CT molecular complexity index is 1070. The highest BCUT2D eigenvalue weighted by Crippen LogP contribution is 2.42. The van der Waals surface area contributed by atoms with Crippen LogP contribution in [0.5, 0.6) is 5.75 Å².